The maximum absolute atomic E-state index is 14.1. The molecule has 4 rings (SSSR count). The maximum Gasteiger partial charge on any atom is 0.434 e. The van der Waals surface area contributed by atoms with Crippen LogP contribution in [0.5, 0.6) is 0 Å². The van der Waals surface area contributed by atoms with Crippen molar-refractivity contribution in [1.29, 1.82) is 0 Å². The number of hydrogen-bond acceptors (Lipinski definition) is 4. The molecule has 174 valence electrons. The zero-order valence-electron chi connectivity index (χ0n) is 17.7. The van der Waals surface area contributed by atoms with E-state index in [0.29, 0.717) is 22.4 Å². The summed E-state index contributed by atoms with van der Waals surface area (Å²) in [6.07, 6.45) is -3.73. The van der Waals surface area contributed by atoms with Crippen LogP contribution in [0, 0.1) is 5.82 Å². The lowest BCUT2D eigenvalue weighted by Crippen LogP contribution is -2.21. The van der Waals surface area contributed by atoms with Crippen LogP contribution in [0.4, 0.5) is 23.2 Å². The third kappa shape index (κ3) is 4.58. The summed E-state index contributed by atoms with van der Waals surface area (Å²) in [7, 11) is 0. The van der Waals surface area contributed by atoms with Gasteiger partial charge in [0.1, 0.15) is 17.3 Å². The van der Waals surface area contributed by atoms with Gasteiger partial charge in [-0.05, 0) is 30.7 Å². The smallest absolute Gasteiger partial charge is 0.322 e. The van der Waals surface area contributed by atoms with Crippen molar-refractivity contribution in [3.63, 3.8) is 0 Å². The quantitative estimate of drug-likeness (QED) is 0.417. The number of alkyl halides is 3. The van der Waals surface area contributed by atoms with Crippen LogP contribution in [0.25, 0.3) is 17.1 Å². The molecule has 0 aliphatic carbocycles. The van der Waals surface area contributed by atoms with E-state index in [0.717, 1.165) is 18.3 Å². The van der Waals surface area contributed by atoms with Crippen LogP contribution in [0.3, 0.4) is 0 Å². The molecule has 2 N–H and O–H groups in total. The summed E-state index contributed by atoms with van der Waals surface area (Å²) in [4.78, 5) is 31.6. The molecular formula is C23H17F4N5O2. The van der Waals surface area contributed by atoms with Crippen LogP contribution in [0.1, 0.15) is 28.7 Å². The van der Waals surface area contributed by atoms with Gasteiger partial charge in [-0.25, -0.2) is 14.1 Å². The summed E-state index contributed by atoms with van der Waals surface area (Å²) in [5, 5.41) is 6.01. The average Bonchev–Trinajstić information content (AvgIpc) is 3.25. The van der Waals surface area contributed by atoms with Crippen molar-refractivity contribution >= 4 is 11.6 Å². The van der Waals surface area contributed by atoms with E-state index in [-0.39, 0.29) is 17.1 Å². The molecule has 0 unspecified atom stereocenters. The van der Waals surface area contributed by atoms with Crippen LogP contribution < -0.4 is 10.9 Å². The molecule has 2 aromatic heterocycles. The van der Waals surface area contributed by atoms with Crippen molar-refractivity contribution in [1.82, 2.24) is 19.7 Å². The van der Waals surface area contributed by atoms with Gasteiger partial charge in [0, 0.05) is 23.0 Å². The number of aromatic nitrogens is 4. The number of aromatic amines is 1. The molecular weight excluding hydrogens is 454 g/mol. The highest BCUT2D eigenvalue weighted by atomic mass is 19.4. The molecule has 0 aliphatic heterocycles. The number of anilines is 1. The van der Waals surface area contributed by atoms with Gasteiger partial charge in [0.05, 0.1) is 11.8 Å². The van der Waals surface area contributed by atoms with Gasteiger partial charge in [-0.2, -0.15) is 18.3 Å². The van der Waals surface area contributed by atoms with E-state index < -0.39 is 34.8 Å². The molecule has 0 bridgehead atoms. The number of halogens is 4. The standard InChI is InChI=1S/C23H17F4N5O2/c1-2-14-11-19(33)31-21(29-14)13-6-5-7-15(10-13)30-22(34)16-12-28-32(20(16)23(25,26)27)18-9-4-3-8-17(18)24/h3-12H,2H2,1H3,(H,30,34)(H,29,31,33). The zero-order valence-corrected chi connectivity index (χ0v) is 17.7. The summed E-state index contributed by atoms with van der Waals surface area (Å²) >= 11 is 0. The number of carbonyl (C=O) groups is 1. The summed E-state index contributed by atoms with van der Waals surface area (Å²) in [5.74, 6) is -1.76. The fourth-order valence-electron chi connectivity index (χ4n) is 3.36. The minimum atomic E-state index is -4.99. The Labute approximate surface area is 190 Å². The number of rotatable bonds is 5. The molecule has 2 aromatic carbocycles. The summed E-state index contributed by atoms with van der Waals surface area (Å²) in [6, 6.07) is 12.3. The molecule has 34 heavy (non-hydrogen) atoms. The summed E-state index contributed by atoms with van der Waals surface area (Å²) in [6.45, 7) is 1.84. The second-order valence-corrected chi connectivity index (χ2v) is 7.24. The Morgan fingerprint density at radius 1 is 1.12 bits per heavy atom. The molecule has 2 heterocycles. The number of aryl methyl sites for hydroxylation is 1. The Balaban J connectivity index is 1.69. The van der Waals surface area contributed by atoms with E-state index in [1.807, 2.05) is 6.92 Å². The van der Waals surface area contributed by atoms with Crippen molar-refractivity contribution in [2.24, 2.45) is 0 Å². The van der Waals surface area contributed by atoms with Crippen LogP contribution in [-0.4, -0.2) is 25.7 Å². The molecule has 0 saturated carbocycles. The minimum Gasteiger partial charge on any atom is -0.322 e. The fraction of sp³-hybridized carbons (Fsp3) is 0.130. The van der Waals surface area contributed by atoms with E-state index in [2.05, 4.69) is 20.4 Å². The average molecular weight is 471 g/mol. The van der Waals surface area contributed by atoms with Gasteiger partial charge in [0.25, 0.3) is 11.5 Å². The van der Waals surface area contributed by atoms with Gasteiger partial charge in [0.2, 0.25) is 0 Å². The van der Waals surface area contributed by atoms with Crippen molar-refractivity contribution < 1.29 is 22.4 Å². The molecule has 7 nitrogen and oxygen atoms in total. The van der Waals surface area contributed by atoms with Crippen LogP contribution >= 0.6 is 0 Å². The van der Waals surface area contributed by atoms with Gasteiger partial charge in [-0.15, -0.1) is 0 Å². The Bertz CT molecular complexity index is 1430. The number of nitrogens with zero attached hydrogens (tertiary/aromatic N) is 3. The van der Waals surface area contributed by atoms with E-state index in [1.165, 1.54) is 30.3 Å². The van der Waals surface area contributed by atoms with Crippen molar-refractivity contribution in [3.05, 3.63) is 93.9 Å². The SMILES string of the molecule is CCc1cc(=O)[nH]c(-c2cccc(NC(=O)c3cnn(-c4ccccc4F)c3C(F)(F)F)c2)n1. The second-order valence-electron chi connectivity index (χ2n) is 7.24. The van der Waals surface area contributed by atoms with Gasteiger partial charge in [0.15, 0.2) is 5.69 Å². The molecule has 0 aliphatic rings. The first kappa shape index (κ1) is 22.9. The second kappa shape index (κ2) is 8.93. The first-order chi connectivity index (χ1) is 16.2. The normalized spacial score (nSPS) is 11.4. The monoisotopic (exact) mass is 471 g/mol. The van der Waals surface area contributed by atoms with E-state index >= 15 is 0 Å². The Kier molecular flexibility index (Phi) is 6.01. The van der Waals surface area contributed by atoms with Crippen molar-refractivity contribution in [3.8, 4) is 17.1 Å². The number of nitrogens with one attached hydrogen (secondary N) is 2. The van der Waals surface area contributed by atoms with Gasteiger partial charge in [-0.1, -0.05) is 31.2 Å². The third-order valence-electron chi connectivity index (χ3n) is 4.91. The highest BCUT2D eigenvalue weighted by Crippen LogP contribution is 2.34. The first-order valence-corrected chi connectivity index (χ1v) is 10.1. The summed E-state index contributed by atoms with van der Waals surface area (Å²) in [5.41, 5.74) is -1.81. The van der Waals surface area contributed by atoms with Crippen LogP contribution in [-0.2, 0) is 12.6 Å². The fourth-order valence-corrected chi connectivity index (χ4v) is 3.36. The molecule has 0 radical (unpaired) electrons. The Morgan fingerprint density at radius 3 is 2.59 bits per heavy atom. The van der Waals surface area contributed by atoms with Gasteiger partial charge < -0.3 is 10.3 Å². The number of carbonyl (C=O) groups excluding carboxylic acids is 1. The maximum atomic E-state index is 14.1. The lowest BCUT2D eigenvalue weighted by molar-refractivity contribution is -0.143. The molecule has 1 amide bonds. The molecule has 0 saturated heterocycles. The van der Waals surface area contributed by atoms with Crippen LogP contribution in [0.15, 0.2) is 65.6 Å². The lowest BCUT2D eigenvalue weighted by atomic mass is 10.1. The van der Waals surface area contributed by atoms with E-state index in [9.17, 15) is 27.2 Å². The molecule has 11 heteroatoms. The van der Waals surface area contributed by atoms with Crippen molar-refractivity contribution in [2.45, 2.75) is 19.5 Å². The number of hydrogen-bond donors (Lipinski definition) is 2. The lowest BCUT2D eigenvalue weighted by Gasteiger charge is -2.13. The van der Waals surface area contributed by atoms with E-state index in [1.54, 1.807) is 12.1 Å². The van der Waals surface area contributed by atoms with Gasteiger partial charge in [-0.3, -0.25) is 9.59 Å². The number of para-hydroxylation sites is 1. The highest BCUT2D eigenvalue weighted by molar-refractivity contribution is 6.05. The molecule has 0 spiro atoms. The van der Waals surface area contributed by atoms with E-state index in [4.69, 9.17) is 0 Å². The highest BCUT2D eigenvalue weighted by Gasteiger charge is 2.41. The largest absolute Gasteiger partial charge is 0.434 e. The number of H-pyrrole nitrogens is 1. The van der Waals surface area contributed by atoms with Crippen molar-refractivity contribution in [2.75, 3.05) is 5.32 Å². The Morgan fingerprint density at radius 2 is 1.88 bits per heavy atom. The third-order valence-corrected chi connectivity index (χ3v) is 4.91. The molecule has 0 fully saturated rings. The Hall–Kier alpha value is -4.28. The summed E-state index contributed by atoms with van der Waals surface area (Å²) < 4.78 is 56.0. The number of amides is 1. The number of benzene rings is 2. The molecule has 4 aromatic rings. The predicted octanol–water partition coefficient (Wildman–Crippen LogP) is 4.60. The topological polar surface area (TPSA) is 92.7 Å². The molecule has 0 atom stereocenters. The van der Waals surface area contributed by atoms with Crippen LogP contribution in [0.2, 0.25) is 0 Å². The minimum absolute atomic E-state index is 0.166. The predicted molar refractivity (Wildman–Crippen MR) is 116 cm³/mol. The van der Waals surface area contributed by atoms with Gasteiger partial charge >= 0.3 is 6.18 Å². The zero-order chi connectivity index (χ0) is 24.5. The first-order valence-electron chi connectivity index (χ1n) is 10.1.